The second kappa shape index (κ2) is 14.0. The van der Waals surface area contributed by atoms with Crippen molar-refractivity contribution in [2.45, 2.75) is 45.3 Å². The van der Waals surface area contributed by atoms with Gasteiger partial charge in [0, 0.05) is 34.6 Å². The monoisotopic (exact) mass is 607 g/mol. The Morgan fingerprint density at radius 1 is 0.950 bits per heavy atom. The molecule has 0 aromatic heterocycles. The molecule has 1 N–H and O–H groups in total. The Labute approximate surface area is 244 Å². The number of sulfonamides is 1. The molecule has 3 aromatic rings. The molecule has 0 fully saturated rings. The number of carbonyl (C=O) groups is 2. The minimum Gasteiger partial charge on any atom is -0.352 e. The van der Waals surface area contributed by atoms with Gasteiger partial charge in [0.2, 0.25) is 21.8 Å². The van der Waals surface area contributed by atoms with E-state index in [1.807, 2.05) is 44.2 Å². The zero-order chi connectivity index (χ0) is 29.4. The number of amides is 2. The van der Waals surface area contributed by atoms with Gasteiger partial charge in [0.15, 0.2) is 0 Å². The van der Waals surface area contributed by atoms with Crippen molar-refractivity contribution in [2.75, 3.05) is 17.1 Å². The first-order chi connectivity index (χ1) is 18.9. The van der Waals surface area contributed by atoms with Crippen LogP contribution in [0, 0.1) is 5.82 Å². The molecule has 0 aliphatic rings. The first-order valence-corrected chi connectivity index (χ1v) is 15.3. The van der Waals surface area contributed by atoms with E-state index >= 15 is 0 Å². The van der Waals surface area contributed by atoms with Crippen LogP contribution >= 0.6 is 23.2 Å². The van der Waals surface area contributed by atoms with Crippen LogP contribution in [0.3, 0.4) is 0 Å². The number of hydrogen-bond acceptors (Lipinski definition) is 4. The predicted octanol–water partition coefficient (Wildman–Crippen LogP) is 5.45. The maximum absolute atomic E-state index is 14.0. The minimum atomic E-state index is -3.97. The van der Waals surface area contributed by atoms with Gasteiger partial charge in [-0.3, -0.25) is 13.9 Å². The quantitative estimate of drug-likeness (QED) is 0.296. The Morgan fingerprint density at radius 2 is 1.55 bits per heavy atom. The maximum Gasteiger partial charge on any atom is 0.244 e. The highest BCUT2D eigenvalue weighted by Crippen LogP contribution is 2.28. The SMILES string of the molecule is CC[C@H](C)NC(=O)[C@@H](Cc1ccccc1)N(Cc1c(Cl)cccc1Cl)C(=O)CN(c1ccc(F)cc1)S(C)(=O)=O. The fraction of sp³-hybridized carbons (Fsp3) is 0.310. The molecule has 0 aliphatic heterocycles. The second-order valence-electron chi connectivity index (χ2n) is 9.49. The third-order valence-corrected chi connectivity index (χ3v) is 8.30. The molecule has 40 heavy (non-hydrogen) atoms. The highest BCUT2D eigenvalue weighted by Gasteiger charge is 2.34. The summed E-state index contributed by atoms with van der Waals surface area (Å²) in [5.74, 6) is -1.61. The third-order valence-electron chi connectivity index (χ3n) is 6.46. The summed E-state index contributed by atoms with van der Waals surface area (Å²) in [6.45, 7) is 3.00. The lowest BCUT2D eigenvalue weighted by Gasteiger charge is -2.34. The summed E-state index contributed by atoms with van der Waals surface area (Å²) in [6, 6.07) is 17.7. The van der Waals surface area contributed by atoms with Gasteiger partial charge in [-0.2, -0.15) is 0 Å². The number of carbonyl (C=O) groups excluding carboxylic acids is 2. The van der Waals surface area contributed by atoms with Gasteiger partial charge in [0.25, 0.3) is 0 Å². The van der Waals surface area contributed by atoms with Crippen molar-refractivity contribution in [1.82, 2.24) is 10.2 Å². The van der Waals surface area contributed by atoms with Crippen LogP contribution in [0.5, 0.6) is 0 Å². The fourth-order valence-electron chi connectivity index (χ4n) is 4.07. The zero-order valence-electron chi connectivity index (χ0n) is 22.5. The van der Waals surface area contributed by atoms with Crippen LogP contribution in [0.1, 0.15) is 31.4 Å². The first-order valence-electron chi connectivity index (χ1n) is 12.7. The molecular weight excluding hydrogens is 576 g/mol. The van der Waals surface area contributed by atoms with Crippen molar-refractivity contribution in [2.24, 2.45) is 0 Å². The molecule has 0 bridgehead atoms. The molecule has 0 aliphatic carbocycles. The summed E-state index contributed by atoms with van der Waals surface area (Å²) in [6.07, 6.45) is 1.78. The van der Waals surface area contributed by atoms with E-state index in [0.29, 0.717) is 22.0 Å². The molecule has 2 amide bonds. The third kappa shape index (κ3) is 8.43. The molecule has 0 saturated carbocycles. The maximum atomic E-state index is 14.0. The Hall–Kier alpha value is -3.14. The van der Waals surface area contributed by atoms with Gasteiger partial charge in [-0.15, -0.1) is 0 Å². The van der Waals surface area contributed by atoms with Gasteiger partial charge in [-0.05, 0) is 55.3 Å². The topological polar surface area (TPSA) is 86.8 Å². The van der Waals surface area contributed by atoms with Crippen molar-refractivity contribution in [3.05, 3.63) is 99.8 Å². The molecule has 2 atom stereocenters. The molecule has 3 aromatic carbocycles. The number of hydrogen-bond donors (Lipinski definition) is 1. The molecule has 0 spiro atoms. The molecule has 3 rings (SSSR count). The van der Waals surface area contributed by atoms with Crippen LogP contribution in [-0.4, -0.2) is 50.0 Å². The van der Waals surface area contributed by atoms with E-state index in [4.69, 9.17) is 23.2 Å². The number of anilines is 1. The van der Waals surface area contributed by atoms with Crippen molar-refractivity contribution in [3.63, 3.8) is 0 Å². The molecule has 7 nitrogen and oxygen atoms in total. The molecule has 214 valence electrons. The second-order valence-corrected chi connectivity index (χ2v) is 12.2. The minimum absolute atomic E-state index is 0.108. The zero-order valence-corrected chi connectivity index (χ0v) is 24.8. The van der Waals surface area contributed by atoms with Crippen LogP contribution in [-0.2, 0) is 32.6 Å². The summed E-state index contributed by atoms with van der Waals surface area (Å²) in [5, 5.41) is 3.54. The van der Waals surface area contributed by atoms with Crippen molar-refractivity contribution >= 4 is 50.7 Å². The van der Waals surface area contributed by atoms with E-state index in [2.05, 4.69) is 5.32 Å². The van der Waals surface area contributed by atoms with Gasteiger partial charge < -0.3 is 10.2 Å². The number of rotatable bonds is 12. The van der Waals surface area contributed by atoms with Gasteiger partial charge in [-0.1, -0.05) is 66.5 Å². The Balaban J connectivity index is 2.10. The predicted molar refractivity (Wildman–Crippen MR) is 157 cm³/mol. The molecule has 0 heterocycles. The Kier molecular flexibility index (Phi) is 11.0. The highest BCUT2D eigenvalue weighted by atomic mass is 35.5. The largest absolute Gasteiger partial charge is 0.352 e. The fourth-order valence-corrected chi connectivity index (χ4v) is 5.44. The van der Waals surface area contributed by atoms with Crippen LogP contribution < -0.4 is 9.62 Å². The highest BCUT2D eigenvalue weighted by molar-refractivity contribution is 7.92. The normalized spacial score (nSPS) is 12.8. The van der Waals surface area contributed by atoms with E-state index in [-0.39, 0.29) is 24.7 Å². The van der Waals surface area contributed by atoms with E-state index < -0.39 is 40.2 Å². The first kappa shape index (κ1) is 31.4. The van der Waals surface area contributed by atoms with Gasteiger partial charge in [0.1, 0.15) is 18.4 Å². The van der Waals surface area contributed by atoms with Crippen LogP contribution in [0.2, 0.25) is 10.0 Å². The van der Waals surface area contributed by atoms with Gasteiger partial charge in [0.05, 0.1) is 11.9 Å². The standard InChI is InChI=1S/C29H32Cl2FN3O4S/c1-4-20(2)33-29(37)27(17-21-9-6-5-7-10-21)34(18-24-25(30)11-8-12-26(24)31)28(36)19-35(40(3,38)39)23-15-13-22(32)14-16-23/h5-16,20,27H,4,17-19H2,1-3H3,(H,33,37)/t20-,27+/m0/s1. The number of nitrogens with zero attached hydrogens (tertiary/aromatic N) is 2. The molecule has 11 heteroatoms. The summed E-state index contributed by atoms with van der Waals surface area (Å²) in [4.78, 5) is 29.0. The lowest BCUT2D eigenvalue weighted by Crippen LogP contribution is -2.54. The van der Waals surface area contributed by atoms with Gasteiger partial charge in [-0.25, -0.2) is 12.8 Å². The summed E-state index contributed by atoms with van der Waals surface area (Å²) >= 11 is 12.9. The summed E-state index contributed by atoms with van der Waals surface area (Å²) < 4.78 is 40.0. The molecule has 0 radical (unpaired) electrons. The Morgan fingerprint density at radius 3 is 2.10 bits per heavy atom. The van der Waals surface area contributed by atoms with Crippen molar-refractivity contribution < 1.29 is 22.4 Å². The smallest absolute Gasteiger partial charge is 0.244 e. The van der Waals surface area contributed by atoms with Crippen LogP contribution in [0.25, 0.3) is 0 Å². The van der Waals surface area contributed by atoms with Crippen molar-refractivity contribution in [1.29, 1.82) is 0 Å². The van der Waals surface area contributed by atoms with E-state index in [0.717, 1.165) is 28.3 Å². The van der Waals surface area contributed by atoms with Crippen LogP contribution in [0.4, 0.5) is 10.1 Å². The number of nitrogens with one attached hydrogen (secondary N) is 1. The lowest BCUT2D eigenvalue weighted by atomic mass is 10.0. The van der Waals surface area contributed by atoms with Crippen LogP contribution in [0.15, 0.2) is 72.8 Å². The summed E-state index contributed by atoms with van der Waals surface area (Å²) in [5.41, 5.74) is 1.33. The number of halogens is 3. The number of benzene rings is 3. The molecule has 0 saturated heterocycles. The lowest BCUT2D eigenvalue weighted by molar-refractivity contribution is -0.140. The van der Waals surface area contributed by atoms with E-state index in [1.54, 1.807) is 18.2 Å². The van der Waals surface area contributed by atoms with E-state index in [9.17, 15) is 22.4 Å². The van der Waals surface area contributed by atoms with E-state index in [1.165, 1.54) is 17.0 Å². The van der Waals surface area contributed by atoms with Gasteiger partial charge >= 0.3 is 0 Å². The average molecular weight is 609 g/mol. The molecular formula is C29H32Cl2FN3O4S. The average Bonchev–Trinajstić information content (AvgIpc) is 2.91. The summed E-state index contributed by atoms with van der Waals surface area (Å²) in [7, 11) is -3.97. The van der Waals surface area contributed by atoms with Crippen molar-refractivity contribution in [3.8, 4) is 0 Å². The Bertz CT molecular complexity index is 1400. The molecule has 0 unspecified atom stereocenters.